The minimum Gasteiger partial charge on any atom is -0.337 e. The molecule has 23 heavy (non-hydrogen) atoms. The quantitative estimate of drug-likeness (QED) is 0.919. The fourth-order valence-corrected chi connectivity index (χ4v) is 3.03. The molecule has 1 aliphatic heterocycles. The van der Waals surface area contributed by atoms with Crippen LogP contribution in [-0.2, 0) is 9.59 Å². The molecule has 0 aliphatic carbocycles. The Kier molecular flexibility index (Phi) is 5.12. The molecule has 2 rings (SSSR count). The van der Waals surface area contributed by atoms with Crippen molar-refractivity contribution in [3.05, 3.63) is 29.8 Å². The Balaban J connectivity index is 2.11. The summed E-state index contributed by atoms with van der Waals surface area (Å²) in [7, 11) is 0. The number of nitrogens with zero attached hydrogens (tertiary/aromatic N) is 1. The summed E-state index contributed by atoms with van der Waals surface area (Å²) in [5, 5.41) is 3.04. The fourth-order valence-electron chi connectivity index (χ4n) is 3.03. The monoisotopic (exact) mass is 316 g/mol. The number of likely N-dealkylation sites (tertiary alicyclic amines) is 1. The average Bonchev–Trinajstić information content (AvgIpc) is 2.89. The van der Waals surface area contributed by atoms with E-state index in [-0.39, 0.29) is 23.3 Å². The van der Waals surface area contributed by atoms with Gasteiger partial charge in [-0.2, -0.15) is 0 Å². The van der Waals surface area contributed by atoms with Crippen molar-refractivity contribution >= 4 is 17.5 Å². The van der Waals surface area contributed by atoms with E-state index in [1.54, 1.807) is 4.90 Å². The number of carbonyl (C=O) groups excluding carboxylic acids is 2. The summed E-state index contributed by atoms with van der Waals surface area (Å²) < 4.78 is 0. The van der Waals surface area contributed by atoms with Gasteiger partial charge in [-0.25, -0.2) is 0 Å². The third-order valence-electron chi connectivity index (χ3n) is 4.67. The van der Waals surface area contributed by atoms with E-state index in [9.17, 15) is 9.59 Å². The summed E-state index contributed by atoms with van der Waals surface area (Å²) in [6.45, 7) is 10.8. The Morgan fingerprint density at radius 2 is 2.00 bits per heavy atom. The van der Waals surface area contributed by atoms with Crippen LogP contribution in [-0.4, -0.2) is 28.8 Å². The molecule has 4 nitrogen and oxygen atoms in total. The highest BCUT2D eigenvalue weighted by molar-refractivity contribution is 5.97. The topological polar surface area (TPSA) is 49.4 Å². The summed E-state index contributed by atoms with van der Waals surface area (Å²) in [5.74, 6) is 0.128. The summed E-state index contributed by atoms with van der Waals surface area (Å²) in [6, 6.07) is 7.93. The number of hydrogen-bond donors (Lipinski definition) is 1. The summed E-state index contributed by atoms with van der Waals surface area (Å²) >= 11 is 0. The van der Waals surface area contributed by atoms with E-state index in [0.29, 0.717) is 18.9 Å². The number of hydrogen-bond acceptors (Lipinski definition) is 2. The zero-order valence-corrected chi connectivity index (χ0v) is 14.8. The first-order chi connectivity index (χ1) is 10.7. The maximum absolute atomic E-state index is 12.6. The predicted molar refractivity (Wildman–Crippen MR) is 93.4 cm³/mol. The number of rotatable bonds is 4. The Morgan fingerprint density at radius 1 is 1.35 bits per heavy atom. The molecule has 0 aromatic heterocycles. The van der Waals surface area contributed by atoms with Crippen LogP contribution in [0.5, 0.6) is 0 Å². The SMILES string of the molecule is CCC(C)c1ccccc1NC(=O)C1CC(=O)N(C(C)(C)C)C1. The van der Waals surface area contributed by atoms with E-state index in [0.717, 1.165) is 17.7 Å². The lowest BCUT2D eigenvalue weighted by Crippen LogP contribution is -2.42. The number of amides is 2. The highest BCUT2D eigenvalue weighted by Gasteiger charge is 2.39. The van der Waals surface area contributed by atoms with Gasteiger partial charge in [0.05, 0.1) is 5.92 Å². The zero-order chi connectivity index (χ0) is 17.2. The second kappa shape index (κ2) is 6.73. The molecule has 1 saturated heterocycles. The van der Waals surface area contributed by atoms with Crippen LogP contribution in [0.2, 0.25) is 0 Å². The fraction of sp³-hybridized carbons (Fsp3) is 0.579. The first kappa shape index (κ1) is 17.5. The van der Waals surface area contributed by atoms with Crippen molar-refractivity contribution in [1.29, 1.82) is 0 Å². The number of benzene rings is 1. The van der Waals surface area contributed by atoms with Crippen molar-refractivity contribution in [2.75, 3.05) is 11.9 Å². The molecule has 126 valence electrons. The van der Waals surface area contributed by atoms with Gasteiger partial charge in [-0.15, -0.1) is 0 Å². The Labute approximate surface area is 139 Å². The number of carbonyl (C=O) groups is 2. The average molecular weight is 316 g/mol. The van der Waals surface area contributed by atoms with Crippen LogP contribution >= 0.6 is 0 Å². The molecule has 1 aromatic rings. The van der Waals surface area contributed by atoms with Gasteiger partial charge in [0.2, 0.25) is 11.8 Å². The molecule has 0 saturated carbocycles. The first-order valence-corrected chi connectivity index (χ1v) is 8.44. The molecule has 1 aromatic carbocycles. The van der Waals surface area contributed by atoms with Crippen LogP contribution < -0.4 is 5.32 Å². The van der Waals surface area contributed by atoms with Gasteiger partial charge in [0.15, 0.2) is 0 Å². The molecule has 0 radical (unpaired) electrons. The Bertz CT molecular complexity index is 589. The Morgan fingerprint density at radius 3 is 2.57 bits per heavy atom. The van der Waals surface area contributed by atoms with Gasteiger partial charge in [0.25, 0.3) is 0 Å². The molecule has 0 spiro atoms. The molecule has 2 amide bonds. The number of anilines is 1. The largest absolute Gasteiger partial charge is 0.337 e. The molecule has 2 atom stereocenters. The van der Waals surface area contributed by atoms with E-state index in [2.05, 4.69) is 25.2 Å². The lowest BCUT2D eigenvalue weighted by atomic mass is 9.96. The molecule has 1 N–H and O–H groups in total. The minimum atomic E-state index is -0.272. The summed E-state index contributed by atoms with van der Waals surface area (Å²) in [4.78, 5) is 26.6. The van der Waals surface area contributed by atoms with E-state index in [4.69, 9.17) is 0 Å². The smallest absolute Gasteiger partial charge is 0.229 e. The molecular weight excluding hydrogens is 288 g/mol. The van der Waals surface area contributed by atoms with Crippen molar-refractivity contribution in [1.82, 2.24) is 4.90 Å². The molecule has 0 bridgehead atoms. The lowest BCUT2D eigenvalue weighted by molar-refractivity contribution is -0.131. The summed E-state index contributed by atoms with van der Waals surface area (Å²) in [6.07, 6.45) is 1.32. The molecule has 1 fully saturated rings. The van der Waals surface area contributed by atoms with E-state index in [1.165, 1.54) is 0 Å². The van der Waals surface area contributed by atoms with Crippen molar-refractivity contribution < 1.29 is 9.59 Å². The molecular formula is C19H28N2O2. The second-order valence-corrected chi connectivity index (χ2v) is 7.46. The van der Waals surface area contributed by atoms with Gasteiger partial charge in [-0.05, 0) is 44.7 Å². The van der Waals surface area contributed by atoms with E-state index in [1.807, 2.05) is 39.0 Å². The van der Waals surface area contributed by atoms with Gasteiger partial charge < -0.3 is 10.2 Å². The molecule has 2 unspecified atom stereocenters. The molecule has 1 heterocycles. The normalized spacial score (nSPS) is 19.8. The van der Waals surface area contributed by atoms with Crippen LogP contribution in [0.1, 0.15) is 58.9 Å². The van der Waals surface area contributed by atoms with Crippen LogP contribution in [0.25, 0.3) is 0 Å². The van der Waals surface area contributed by atoms with Gasteiger partial charge in [-0.3, -0.25) is 9.59 Å². The molecule has 4 heteroatoms. The van der Waals surface area contributed by atoms with E-state index >= 15 is 0 Å². The predicted octanol–water partition coefficient (Wildman–Crippen LogP) is 3.79. The van der Waals surface area contributed by atoms with Crippen LogP contribution in [0, 0.1) is 5.92 Å². The van der Waals surface area contributed by atoms with Gasteiger partial charge in [0.1, 0.15) is 0 Å². The van der Waals surface area contributed by atoms with Crippen molar-refractivity contribution in [3.63, 3.8) is 0 Å². The first-order valence-electron chi connectivity index (χ1n) is 8.44. The van der Waals surface area contributed by atoms with Gasteiger partial charge >= 0.3 is 0 Å². The summed E-state index contributed by atoms with van der Waals surface area (Å²) in [5.41, 5.74) is 1.79. The third kappa shape index (κ3) is 3.92. The van der Waals surface area contributed by atoms with Crippen molar-refractivity contribution in [2.24, 2.45) is 5.92 Å². The highest BCUT2D eigenvalue weighted by Crippen LogP contribution is 2.29. The number of para-hydroxylation sites is 1. The van der Waals surface area contributed by atoms with Gasteiger partial charge in [-0.1, -0.05) is 32.0 Å². The van der Waals surface area contributed by atoms with Crippen LogP contribution in [0.3, 0.4) is 0 Å². The molecule has 1 aliphatic rings. The second-order valence-electron chi connectivity index (χ2n) is 7.46. The van der Waals surface area contributed by atoms with Crippen LogP contribution in [0.4, 0.5) is 5.69 Å². The van der Waals surface area contributed by atoms with Crippen molar-refractivity contribution in [3.8, 4) is 0 Å². The maximum atomic E-state index is 12.6. The van der Waals surface area contributed by atoms with E-state index < -0.39 is 0 Å². The zero-order valence-electron chi connectivity index (χ0n) is 14.8. The van der Waals surface area contributed by atoms with Gasteiger partial charge in [0, 0.05) is 24.2 Å². The maximum Gasteiger partial charge on any atom is 0.229 e. The third-order valence-corrected chi connectivity index (χ3v) is 4.67. The Hall–Kier alpha value is -1.84. The number of nitrogens with one attached hydrogen (secondary N) is 1. The van der Waals surface area contributed by atoms with Crippen molar-refractivity contribution in [2.45, 2.75) is 58.9 Å². The highest BCUT2D eigenvalue weighted by atomic mass is 16.2. The standard InChI is InChI=1S/C19H28N2O2/c1-6-13(2)15-9-7-8-10-16(15)20-18(23)14-11-17(22)21(12-14)19(3,4)5/h7-10,13-14H,6,11-12H2,1-5H3,(H,20,23). The minimum absolute atomic E-state index is 0.0548. The van der Waals surface area contributed by atoms with Crippen LogP contribution in [0.15, 0.2) is 24.3 Å². The lowest BCUT2D eigenvalue weighted by Gasteiger charge is -2.32.